The Morgan fingerprint density at radius 2 is 2.58 bits per heavy atom. The third-order valence-electron chi connectivity index (χ3n) is 1.46. The zero-order chi connectivity index (χ0) is 8.97. The van der Waals surface area contributed by atoms with Crippen molar-refractivity contribution in [2.24, 2.45) is 5.73 Å². The summed E-state index contributed by atoms with van der Waals surface area (Å²) in [6.07, 6.45) is 0.867. The van der Waals surface area contributed by atoms with E-state index in [4.69, 9.17) is 5.73 Å². The molecule has 0 spiro atoms. The van der Waals surface area contributed by atoms with E-state index in [1.807, 2.05) is 6.92 Å². The molecule has 5 heteroatoms. The molecular formula is C7H12N4O. The van der Waals surface area contributed by atoms with Gasteiger partial charge in [0.15, 0.2) is 5.82 Å². The van der Waals surface area contributed by atoms with Crippen LogP contribution in [-0.2, 0) is 11.2 Å². The second-order valence-electron chi connectivity index (χ2n) is 2.38. The summed E-state index contributed by atoms with van der Waals surface area (Å²) in [6, 6.07) is 1.79. The third-order valence-corrected chi connectivity index (χ3v) is 1.46. The van der Waals surface area contributed by atoms with Gasteiger partial charge in [0.25, 0.3) is 0 Å². The van der Waals surface area contributed by atoms with E-state index in [0.717, 1.165) is 12.1 Å². The van der Waals surface area contributed by atoms with Crippen LogP contribution in [-0.4, -0.2) is 22.6 Å². The van der Waals surface area contributed by atoms with Gasteiger partial charge in [-0.1, -0.05) is 6.92 Å². The molecule has 66 valence electrons. The van der Waals surface area contributed by atoms with Gasteiger partial charge in [-0.3, -0.25) is 9.89 Å². The Morgan fingerprint density at radius 3 is 3.08 bits per heavy atom. The smallest absolute Gasteiger partial charge is 0.239 e. The van der Waals surface area contributed by atoms with Crippen molar-refractivity contribution in [1.82, 2.24) is 10.2 Å². The summed E-state index contributed by atoms with van der Waals surface area (Å²) in [6.45, 7) is 1.98. The first-order chi connectivity index (χ1) is 5.76. The number of carbonyl (C=O) groups is 1. The van der Waals surface area contributed by atoms with E-state index in [1.54, 1.807) is 6.07 Å². The monoisotopic (exact) mass is 168 g/mol. The van der Waals surface area contributed by atoms with Gasteiger partial charge in [-0.25, -0.2) is 0 Å². The van der Waals surface area contributed by atoms with E-state index >= 15 is 0 Å². The first kappa shape index (κ1) is 8.73. The van der Waals surface area contributed by atoms with Crippen LogP contribution in [0.5, 0.6) is 0 Å². The Morgan fingerprint density at radius 1 is 1.83 bits per heavy atom. The fraction of sp³-hybridized carbons (Fsp3) is 0.429. The van der Waals surface area contributed by atoms with Crippen molar-refractivity contribution in [2.45, 2.75) is 13.3 Å². The van der Waals surface area contributed by atoms with Gasteiger partial charge in [-0.05, 0) is 6.42 Å². The van der Waals surface area contributed by atoms with Crippen LogP contribution in [0.3, 0.4) is 0 Å². The predicted molar refractivity (Wildman–Crippen MR) is 45.6 cm³/mol. The molecule has 1 aromatic heterocycles. The molecule has 1 amide bonds. The fourth-order valence-electron chi connectivity index (χ4n) is 0.801. The van der Waals surface area contributed by atoms with Crippen molar-refractivity contribution in [3.05, 3.63) is 11.8 Å². The topological polar surface area (TPSA) is 83.8 Å². The summed E-state index contributed by atoms with van der Waals surface area (Å²) < 4.78 is 0. The van der Waals surface area contributed by atoms with Crippen molar-refractivity contribution in [1.29, 1.82) is 0 Å². The molecule has 0 radical (unpaired) electrons. The van der Waals surface area contributed by atoms with Crippen LogP contribution in [0.25, 0.3) is 0 Å². The molecule has 1 aromatic rings. The molecule has 5 nitrogen and oxygen atoms in total. The molecule has 0 aromatic carbocycles. The maximum Gasteiger partial charge on any atom is 0.239 e. The van der Waals surface area contributed by atoms with Gasteiger partial charge in [-0.2, -0.15) is 5.10 Å². The van der Waals surface area contributed by atoms with Crippen molar-refractivity contribution in [3.63, 3.8) is 0 Å². The normalized spacial score (nSPS) is 9.83. The Hall–Kier alpha value is -1.36. The minimum Gasteiger partial charge on any atom is -0.322 e. The highest BCUT2D eigenvalue weighted by Gasteiger charge is 2.02. The second kappa shape index (κ2) is 3.87. The van der Waals surface area contributed by atoms with E-state index in [1.165, 1.54) is 0 Å². The Labute approximate surface area is 70.3 Å². The predicted octanol–water partition coefficient (Wildman–Crippen LogP) is -0.131. The van der Waals surface area contributed by atoms with E-state index in [-0.39, 0.29) is 12.5 Å². The van der Waals surface area contributed by atoms with Crippen LogP contribution in [0.1, 0.15) is 12.6 Å². The van der Waals surface area contributed by atoms with Crippen molar-refractivity contribution < 1.29 is 4.79 Å². The van der Waals surface area contributed by atoms with Gasteiger partial charge in [0.2, 0.25) is 5.91 Å². The maximum atomic E-state index is 10.8. The molecule has 0 unspecified atom stereocenters. The largest absolute Gasteiger partial charge is 0.322 e. The van der Waals surface area contributed by atoms with Crippen molar-refractivity contribution in [3.8, 4) is 0 Å². The first-order valence-corrected chi connectivity index (χ1v) is 3.80. The number of hydrogen-bond acceptors (Lipinski definition) is 3. The van der Waals surface area contributed by atoms with Gasteiger partial charge >= 0.3 is 0 Å². The number of aryl methyl sites for hydroxylation is 1. The SMILES string of the molecule is CCc1cc(NC(=O)CN)n[nH]1. The molecule has 0 saturated carbocycles. The molecule has 12 heavy (non-hydrogen) atoms. The zero-order valence-corrected chi connectivity index (χ0v) is 6.92. The molecular weight excluding hydrogens is 156 g/mol. The Balaban J connectivity index is 2.58. The number of nitrogens with one attached hydrogen (secondary N) is 2. The van der Waals surface area contributed by atoms with Crippen LogP contribution < -0.4 is 11.1 Å². The van der Waals surface area contributed by atoms with Gasteiger partial charge in [0, 0.05) is 11.8 Å². The molecule has 0 fully saturated rings. The Bertz CT molecular complexity index is 268. The summed E-state index contributed by atoms with van der Waals surface area (Å²) in [7, 11) is 0. The highest BCUT2D eigenvalue weighted by atomic mass is 16.1. The molecule has 1 heterocycles. The lowest BCUT2D eigenvalue weighted by molar-refractivity contribution is -0.114. The third kappa shape index (κ3) is 2.06. The van der Waals surface area contributed by atoms with Gasteiger partial charge < -0.3 is 11.1 Å². The van der Waals surface area contributed by atoms with Gasteiger partial charge in [0.05, 0.1) is 6.54 Å². The number of amides is 1. The highest BCUT2D eigenvalue weighted by molar-refractivity contribution is 5.91. The van der Waals surface area contributed by atoms with E-state index in [9.17, 15) is 4.79 Å². The molecule has 0 saturated heterocycles. The highest BCUT2D eigenvalue weighted by Crippen LogP contribution is 2.04. The molecule has 0 bridgehead atoms. The van der Waals surface area contributed by atoms with Crippen LogP contribution >= 0.6 is 0 Å². The minimum absolute atomic E-state index is 0.0195. The molecule has 0 aliphatic rings. The van der Waals surface area contributed by atoms with Crippen molar-refractivity contribution >= 4 is 11.7 Å². The van der Waals surface area contributed by atoms with E-state index < -0.39 is 0 Å². The number of nitrogens with zero attached hydrogens (tertiary/aromatic N) is 1. The molecule has 0 aliphatic carbocycles. The summed E-state index contributed by atoms with van der Waals surface area (Å²) in [4.78, 5) is 10.8. The summed E-state index contributed by atoms with van der Waals surface area (Å²) >= 11 is 0. The quantitative estimate of drug-likeness (QED) is 0.587. The summed E-state index contributed by atoms with van der Waals surface area (Å²) in [5.74, 6) is 0.298. The number of carbonyl (C=O) groups excluding carboxylic acids is 1. The summed E-state index contributed by atoms with van der Waals surface area (Å²) in [5, 5.41) is 9.18. The number of nitrogens with two attached hydrogens (primary N) is 1. The maximum absolute atomic E-state index is 10.8. The molecule has 0 atom stereocenters. The number of rotatable bonds is 3. The fourth-order valence-corrected chi connectivity index (χ4v) is 0.801. The molecule has 1 rings (SSSR count). The number of aromatic nitrogens is 2. The van der Waals surface area contributed by atoms with Gasteiger partial charge in [0.1, 0.15) is 0 Å². The first-order valence-electron chi connectivity index (χ1n) is 3.80. The molecule has 4 N–H and O–H groups in total. The lowest BCUT2D eigenvalue weighted by Crippen LogP contribution is -2.21. The van der Waals surface area contributed by atoms with E-state index in [0.29, 0.717) is 5.82 Å². The average Bonchev–Trinajstić information content (AvgIpc) is 2.52. The average molecular weight is 168 g/mol. The number of H-pyrrole nitrogens is 1. The van der Waals surface area contributed by atoms with Gasteiger partial charge in [-0.15, -0.1) is 0 Å². The van der Waals surface area contributed by atoms with Crippen LogP contribution in [0, 0.1) is 0 Å². The Kier molecular flexibility index (Phi) is 2.82. The number of anilines is 1. The number of aromatic amines is 1. The lowest BCUT2D eigenvalue weighted by atomic mass is 10.3. The minimum atomic E-state index is -0.232. The summed E-state index contributed by atoms with van der Waals surface area (Å²) in [5.41, 5.74) is 6.10. The van der Waals surface area contributed by atoms with Crippen molar-refractivity contribution in [2.75, 3.05) is 11.9 Å². The van der Waals surface area contributed by atoms with Crippen LogP contribution in [0.4, 0.5) is 5.82 Å². The second-order valence-corrected chi connectivity index (χ2v) is 2.38. The van der Waals surface area contributed by atoms with Crippen LogP contribution in [0.15, 0.2) is 6.07 Å². The lowest BCUT2D eigenvalue weighted by Gasteiger charge is -1.95. The standard InChI is InChI=1S/C7H12N4O/c1-2-5-3-6(11-10-5)9-7(12)4-8/h3H,2,4,8H2,1H3,(H2,9,10,11,12). The zero-order valence-electron chi connectivity index (χ0n) is 6.92. The van der Waals surface area contributed by atoms with E-state index in [2.05, 4.69) is 15.5 Å². The van der Waals surface area contributed by atoms with Crippen LogP contribution in [0.2, 0.25) is 0 Å². The number of hydrogen-bond donors (Lipinski definition) is 3. The molecule has 0 aliphatic heterocycles.